The first kappa shape index (κ1) is 21.9. The number of aliphatic carboxylic acids is 2. The number of rotatable bonds is 17. The number of hydrogen-bond acceptors (Lipinski definition) is 2. The summed E-state index contributed by atoms with van der Waals surface area (Å²) < 4.78 is 0. The van der Waals surface area contributed by atoms with Gasteiger partial charge in [-0.2, -0.15) is 0 Å². The third-order valence-corrected chi connectivity index (χ3v) is 4.45. The fraction of sp³-hybridized carbons (Fsp3) is 0.895. The third kappa shape index (κ3) is 15.6. The van der Waals surface area contributed by atoms with E-state index in [0.717, 1.165) is 57.8 Å². The Bertz CT molecular complexity index is 302. The van der Waals surface area contributed by atoms with Crippen LogP contribution in [0.15, 0.2) is 0 Å². The molecule has 0 rings (SSSR count). The van der Waals surface area contributed by atoms with E-state index in [1.54, 1.807) is 0 Å². The molecule has 136 valence electrons. The van der Waals surface area contributed by atoms with Gasteiger partial charge in [-0.25, -0.2) is 0 Å². The number of carbonyl (C=O) groups is 2. The second kappa shape index (κ2) is 15.8. The van der Waals surface area contributed by atoms with Crippen molar-refractivity contribution >= 4 is 11.9 Å². The van der Waals surface area contributed by atoms with E-state index in [1.165, 1.54) is 32.1 Å². The van der Waals surface area contributed by atoms with E-state index in [1.807, 2.05) is 0 Å². The van der Waals surface area contributed by atoms with Crippen molar-refractivity contribution in [3.05, 3.63) is 0 Å². The van der Waals surface area contributed by atoms with Gasteiger partial charge in [0.25, 0.3) is 0 Å². The van der Waals surface area contributed by atoms with Gasteiger partial charge < -0.3 is 10.2 Å². The van der Waals surface area contributed by atoms with Gasteiger partial charge in [0.15, 0.2) is 0 Å². The molecule has 1 atom stereocenters. The Morgan fingerprint density at radius 1 is 0.696 bits per heavy atom. The molecule has 0 radical (unpaired) electrons. The monoisotopic (exact) mass is 328 g/mol. The molecule has 0 spiro atoms. The van der Waals surface area contributed by atoms with Gasteiger partial charge in [0.2, 0.25) is 0 Å². The lowest BCUT2D eigenvalue weighted by molar-refractivity contribution is -0.142. The summed E-state index contributed by atoms with van der Waals surface area (Å²) >= 11 is 0. The van der Waals surface area contributed by atoms with Crippen LogP contribution in [0.2, 0.25) is 0 Å². The summed E-state index contributed by atoms with van der Waals surface area (Å²) in [6.45, 7) is 2.21. The summed E-state index contributed by atoms with van der Waals surface area (Å²) in [4.78, 5) is 21.7. The molecule has 4 heteroatoms. The molecule has 23 heavy (non-hydrogen) atoms. The highest BCUT2D eigenvalue weighted by Gasteiger charge is 2.16. The van der Waals surface area contributed by atoms with E-state index in [4.69, 9.17) is 5.11 Å². The van der Waals surface area contributed by atoms with Gasteiger partial charge in [-0.1, -0.05) is 77.6 Å². The molecule has 0 aromatic heterocycles. The van der Waals surface area contributed by atoms with E-state index >= 15 is 0 Å². The van der Waals surface area contributed by atoms with E-state index in [2.05, 4.69) is 6.92 Å². The molecule has 0 saturated carbocycles. The zero-order chi connectivity index (χ0) is 17.3. The molecule has 0 heterocycles. The van der Waals surface area contributed by atoms with Crippen molar-refractivity contribution in [2.45, 2.75) is 103 Å². The highest BCUT2D eigenvalue weighted by molar-refractivity contribution is 5.69. The van der Waals surface area contributed by atoms with Crippen molar-refractivity contribution in [3.63, 3.8) is 0 Å². The van der Waals surface area contributed by atoms with E-state index in [9.17, 15) is 14.7 Å². The first-order valence-electron chi connectivity index (χ1n) is 9.52. The average molecular weight is 328 g/mol. The fourth-order valence-electron chi connectivity index (χ4n) is 2.94. The van der Waals surface area contributed by atoms with Crippen molar-refractivity contribution in [3.8, 4) is 0 Å². The van der Waals surface area contributed by atoms with Crippen molar-refractivity contribution in [2.24, 2.45) is 5.92 Å². The summed E-state index contributed by atoms with van der Waals surface area (Å²) in [5, 5.41) is 17.8. The van der Waals surface area contributed by atoms with Gasteiger partial charge in [0.05, 0.1) is 5.92 Å². The van der Waals surface area contributed by atoms with E-state index in [-0.39, 0.29) is 12.3 Å². The quantitative estimate of drug-likeness (QED) is 0.339. The summed E-state index contributed by atoms with van der Waals surface area (Å²) in [6.07, 6.45) is 15.0. The van der Waals surface area contributed by atoms with E-state index in [0.29, 0.717) is 0 Å². The first-order chi connectivity index (χ1) is 11.1. The fourth-order valence-corrected chi connectivity index (χ4v) is 2.94. The van der Waals surface area contributed by atoms with Gasteiger partial charge in [-0.05, 0) is 19.3 Å². The van der Waals surface area contributed by atoms with Crippen molar-refractivity contribution in [1.82, 2.24) is 0 Å². The van der Waals surface area contributed by atoms with Gasteiger partial charge >= 0.3 is 11.9 Å². The Hall–Kier alpha value is -1.06. The Kier molecular flexibility index (Phi) is 15.1. The second-order valence-electron chi connectivity index (χ2n) is 6.65. The predicted octanol–water partition coefficient (Wildman–Crippen LogP) is 5.64. The maximum atomic E-state index is 11.3. The molecule has 0 bridgehead atoms. The molecule has 0 aliphatic carbocycles. The predicted molar refractivity (Wildman–Crippen MR) is 93.7 cm³/mol. The highest BCUT2D eigenvalue weighted by Crippen LogP contribution is 2.19. The standard InChI is InChI=1S/C19H36O4/c1-2-3-4-5-6-8-11-14-17(19(22)23)15-12-9-7-10-13-16-18(20)21/h17H,2-16H2,1H3,(H,20,21)(H,22,23). The Morgan fingerprint density at radius 3 is 1.57 bits per heavy atom. The summed E-state index contributed by atoms with van der Waals surface area (Å²) in [5.74, 6) is -1.57. The molecular formula is C19H36O4. The molecule has 0 fully saturated rings. The maximum absolute atomic E-state index is 11.3. The van der Waals surface area contributed by atoms with Gasteiger partial charge in [-0.3, -0.25) is 9.59 Å². The molecular weight excluding hydrogens is 292 g/mol. The van der Waals surface area contributed by atoms with Gasteiger partial charge in [-0.15, -0.1) is 0 Å². The molecule has 0 amide bonds. The molecule has 0 aromatic rings. The minimum Gasteiger partial charge on any atom is -0.481 e. The SMILES string of the molecule is CCCCCCCCCC(CCCCCCCC(=O)O)C(=O)O. The topological polar surface area (TPSA) is 74.6 Å². The minimum atomic E-state index is -0.731. The molecule has 0 saturated heterocycles. The minimum absolute atomic E-state index is 0.190. The van der Waals surface area contributed by atoms with Crippen LogP contribution in [0.1, 0.15) is 103 Å². The zero-order valence-electron chi connectivity index (χ0n) is 14.9. The van der Waals surface area contributed by atoms with Crippen molar-refractivity contribution in [1.29, 1.82) is 0 Å². The third-order valence-electron chi connectivity index (χ3n) is 4.45. The van der Waals surface area contributed by atoms with Crippen LogP contribution < -0.4 is 0 Å². The summed E-state index contributed by atoms with van der Waals surface area (Å²) in [5.41, 5.74) is 0. The first-order valence-corrected chi connectivity index (χ1v) is 9.52. The van der Waals surface area contributed by atoms with Crippen LogP contribution in [0.5, 0.6) is 0 Å². The highest BCUT2D eigenvalue weighted by atomic mass is 16.4. The number of unbranched alkanes of at least 4 members (excludes halogenated alkanes) is 10. The van der Waals surface area contributed by atoms with Gasteiger partial charge in [0.1, 0.15) is 0 Å². The van der Waals surface area contributed by atoms with Crippen molar-refractivity contribution < 1.29 is 19.8 Å². The number of carboxylic acid groups (broad SMARTS) is 2. The van der Waals surface area contributed by atoms with Crippen LogP contribution >= 0.6 is 0 Å². The lowest BCUT2D eigenvalue weighted by Crippen LogP contribution is -2.13. The smallest absolute Gasteiger partial charge is 0.306 e. The molecule has 0 aliphatic heterocycles. The van der Waals surface area contributed by atoms with Crippen LogP contribution in [-0.4, -0.2) is 22.2 Å². The Morgan fingerprint density at radius 2 is 1.13 bits per heavy atom. The lowest BCUT2D eigenvalue weighted by atomic mass is 9.94. The molecule has 0 aliphatic rings. The number of carboxylic acids is 2. The van der Waals surface area contributed by atoms with Gasteiger partial charge in [0, 0.05) is 6.42 Å². The average Bonchev–Trinajstić information content (AvgIpc) is 2.50. The van der Waals surface area contributed by atoms with E-state index < -0.39 is 11.9 Å². The lowest BCUT2D eigenvalue weighted by Gasteiger charge is -2.12. The van der Waals surface area contributed by atoms with Crippen molar-refractivity contribution in [2.75, 3.05) is 0 Å². The second-order valence-corrected chi connectivity index (χ2v) is 6.65. The Labute approximate surface area is 141 Å². The maximum Gasteiger partial charge on any atom is 0.306 e. The summed E-state index contributed by atoms with van der Waals surface area (Å²) in [6, 6.07) is 0. The molecule has 2 N–H and O–H groups in total. The van der Waals surface area contributed by atoms with Crippen LogP contribution in [0.4, 0.5) is 0 Å². The normalized spacial score (nSPS) is 12.2. The van der Waals surface area contributed by atoms with Crippen LogP contribution in [0.25, 0.3) is 0 Å². The Balaban J connectivity index is 3.55. The zero-order valence-corrected chi connectivity index (χ0v) is 14.9. The largest absolute Gasteiger partial charge is 0.481 e. The van der Waals surface area contributed by atoms with Crippen LogP contribution in [0, 0.1) is 5.92 Å². The molecule has 4 nitrogen and oxygen atoms in total. The molecule has 0 aromatic carbocycles. The number of hydrogen-bond donors (Lipinski definition) is 2. The van der Waals surface area contributed by atoms with Crippen LogP contribution in [-0.2, 0) is 9.59 Å². The molecule has 1 unspecified atom stereocenters. The van der Waals surface area contributed by atoms with Crippen LogP contribution in [0.3, 0.4) is 0 Å². The summed E-state index contributed by atoms with van der Waals surface area (Å²) in [7, 11) is 0.